The fourth-order valence-electron chi connectivity index (χ4n) is 5.19. The van der Waals surface area contributed by atoms with Crippen molar-refractivity contribution in [1.29, 1.82) is 0 Å². The highest BCUT2D eigenvalue weighted by molar-refractivity contribution is 5.85. The second-order valence-electron chi connectivity index (χ2n) is 8.33. The normalized spacial score (nSPS) is 21.9. The van der Waals surface area contributed by atoms with Crippen molar-refractivity contribution in [2.24, 2.45) is 5.92 Å². The number of methoxy groups -OCH3 is 2. The lowest BCUT2D eigenvalue weighted by Crippen LogP contribution is -2.39. The summed E-state index contributed by atoms with van der Waals surface area (Å²) in [5.74, 6) is 4.20. The lowest BCUT2D eigenvalue weighted by molar-refractivity contribution is 0.172. The van der Waals surface area contributed by atoms with Crippen molar-refractivity contribution in [3.63, 3.8) is 0 Å². The first-order chi connectivity index (χ1) is 13.8. The van der Waals surface area contributed by atoms with Gasteiger partial charge in [0.15, 0.2) is 23.0 Å². The van der Waals surface area contributed by atoms with Crippen molar-refractivity contribution in [3.8, 4) is 34.1 Å². The predicted molar refractivity (Wildman–Crippen MR) is 106 cm³/mol. The number of ether oxygens (including phenoxy) is 4. The van der Waals surface area contributed by atoms with Crippen LogP contribution in [0.3, 0.4) is 0 Å². The van der Waals surface area contributed by atoms with Crippen LogP contribution in [0.25, 0.3) is 11.1 Å². The topological polar surface area (TPSA) is 40.2 Å². The van der Waals surface area contributed by atoms with Gasteiger partial charge in [-0.15, -0.1) is 0 Å². The second-order valence-corrected chi connectivity index (χ2v) is 8.33. The van der Waals surface area contributed by atoms with Crippen LogP contribution in [0.1, 0.15) is 35.6 Å². The van der Waals surface area contributed by atoms with Crippen molar-refractivity contribution < 1.29 is 18.9 Å². The summed E-state index contributed by atoms with van der Waals surface area (Å²) in [5.41, 5.74) is 6.51. The Hall–Kier alpha value is -2.40. The Morgan fingerprint density at radius 2 is 1.86 bits per heavy atom. The van der Waals surface area contributed by atoms with Crippen LogP contribution in [0, 0.1) is 5.92 Å². The van der Waals surface area contributed by atoms with E-state index in [-0.39, 0.29) is 0 Å². The molecular weight excluding hydrogens is 354 g/mol. The summed E-state index contributed by atoms with van der Waals surface area (Å²) in [4.78, 5) is 2.70. The van der Waals surface area contributed by atoms with E-state index in [1.54, 1.807) is 14.2 Å². The van der Waals surface area contributed by atoms with Gasteiger partial charge in [-0.1, -0.05) is 0 Å². The molecule has 6 rings (SSSR count). The van der Waals surface area contributed by atoms with Gasteiger partial charge in [-0.2, -0.15) is 0 Å². The largest absolute Gasteiger partial charge is 0.493 e. The Labute approximate surface area is 165 Å². The van der Waals surface area contributed by atoms with Gasteiger partial charge in [-0.05, 0) is 72.1 Å². The van der Waals surface area contributed by atoms with Crippen LogP contribution in [0.15, 0.2) is 18.2 Å². The molecule has 0 spiro atoms. The van der Waals surface area contributed by atoms with Crippen molar-refractivity contribution in [1.82, 2.24) is 4.90 Å². The average Bonchev–Trinajstić information content (AvgIpc) is 3.42. The molecule has 0 amide bonds. The average molecular weight is 379 g/mol. The lowest BCUT2D eigenvalue weighted by Gasteiger charge is -2.42. The number of hydrogen-bond donors (Lipinski definition) is 0. The summed E-state index contributed by atoms with van der Waals surface area (Å²) in [5, 5.41) is 0. The lowest BCUT2D eigenvalue weighted by atomic mass is 9.76. The van der Waals surface area contributed by atoms with Gasteiger partial charge in [0.25, 0.3) is 0 Å². The summed E-state index contributed by atoms with van der Waals surface area (Å²) in [6, 6.07) is 6.89. The Balaban J connectivity index is 1.59. The minimum atomic E-state index is 0.294. The van der Waals surface area contributed by atoms with Crippen LogP contribution in [-0.4, -0.2) is 39.0 Å². The Morgan fingerprint density at radius 1 is 1.04 bits per heavy atom. The third-order valence-electron chi connectivity index (χ3n) is 6.71. The fourth-order valence-corrected chi connectivity index (χ4v) is 5.19. The SMILES string of the molecule is COc1cc2c3c(c1OC)-c1cc4c(cc1CC3N(CC1CC1)CC2)OCO4. The first kappa shape index (κ1) is 16.5. The number of nitrogens with zero attached hydrogens (tertiary/aromatic N) is 1. The quantitative estimate of drug-likeness (QED) is 0.804. The first-order valence-corrected chi connectivity index (χ1v) is 10.2. The maximum absolute atomic E-state index is 5.90. The zero-order valence-corrected chi connectivity index (χ0v) is 16.4. The van der Waals surface area contributed by atoms with Crippen molar-refractivity contribution in [3.05, 3.63) is 34.9 Å². The van der Waals surface area contributed by atoms with E-state index in [0.717, 1.165) is 48.3 Å². The fraction of sp³-hybridized carbons (Fsp3) is 0.478. The standard InChI is InChI=1S/C23H25NO4/c1-25-20-8-14-5-6-24(11-13-3-4-13)17-7-15-9-18-19(28-12-27-18)10-16(15)22(21(14)17)23(20)26-2/h8-10,13,17H,3-7,11-12H2,1-2H3. The molecule has 0 aromatic heterocycles. The van der Waals surface area contributed by atoms with Crippen LogP contribution < -0.4 is 18.9 Å². The highest BCUT2D eigenvalue weighted by Crippen LogP contribution is 2.55. The van der Waals surface area contributed by atoms with E-state index in [4.69, 9.17) is 18.9 Å². The molecule has 0 radical (unpaired) electrons. The van der Waals surface area contributed by atoms with Crippen LogP contribution in [0.5, 0.6) is 23.0 Å². The molecule has 0 bridgehead atoms. The molecular formula is C23H25NO4. The molecule has 1 atom stereocenters. The van der Waals surface area contributed by atoms with E-state index in [1.807, 2.05) is 0 Å². The summed E-state index contributed by atoms with van der Waals surface area (Å²) < 4.78 is 23.0. The zero-order chi connectivity index (χ0) is 18.8. The third kappa shape index (κ3) is 2.35. The van der Waals surface area contributed by atoms with E-state index in [2.05, 4.69) is 23.1 Å². The predicted octanol–water partition coefficient (Wildman–Crippen LogP) is 3.96. The Morgan fingerprint density at radius 3 is 2.61 bits per heavy atom. The summed E-state index contributed by atoms with van der Waals surface area (Å²) in [6.45, 7) is 2.61. The maximum atomic E-state index is 5.90. The van der Waals surface area contributed by atoms with Gasteiger partial charge in [-0.3, -0.25) is 4.90 Å². The monoisotopic (exact) mass is 379 g/mol. The van der Waals surface area contributed by atoms with Gasteiger partial charge >= 0.3 is 0 Å². The summed E-state index contributed by atoms with van der Waals surface area (Å²) in [6.07, 6.45) is 4.83. The Kier molecular flexibility index (Phi) is 3.57. The second kappa shape index (κ2) is 6.05. The smallest absolute Gasteiger partial charge is 0.231 e. The van der Waals surface area contributed by atoms with Crippen LogP contribution >= 0.6 is 0 Å². The number of rotatable bonds is 4. The van der Waals surface area contributed by atoms with E-state index >= 15 is 0 Å². The van der Waals surface area contributed by atoms with E-state index in [1.165, 1.54) is 47.2 Å². The number of fused-ring (bicyclic) bond motifs is 3. The van der Waals surface area contributed by atoms with Crippen LogP contribution in [0.2, 0.25) is 0 Å². The number of benzene rings is 2. The molecule has 4 aliphatic rings. The zero-order valence-electron chi connectivity index (χ0n) is 16.4. The molecule has 5 nitrogen and oxygen atoms in total. The summed E-state index contributed by atoms with van der Waals surface area (Å²) in [7, 11) is 3.46. The van der Waals surface area contributed by atoms with Crippen molar-refractivity contribution in [2.75, 3.05) is 34.1 Å². The third-order valence-corrected chi connectivity index (χ3v) is 6.71. The molecule has 1 unspecified atom stereocenters. The molecule has 146 valence electrons. The molecule has 2 aromatic rings. The first-order valence-electron chi connectivity index (χ1n) is 10.2. The molecule has 28 heavy (non-hydrogen) atoms. The van der Waals surface area contributed by atoms with E-state index in [0.29, 0.717) is 12.8 Å². The van der Waals surface area contributed by atoms with Gasteiger partial charge < -0.3 is 18.9 Å². The van der Waals surface area contributed by atoms with Gasteiger partial charge in [0.2, 0.25) is 6.79 Å². The van der Waals surface area contributed by atoms with Crippen LogP contribution in [-0.2, 0) is 12.8 Å². The molecule has 0 N–H and O–H groups in total. The van der Waals surface area contributed by atoms with Crippen molar-refractivity contribution >= 4 is 0 Å². The Bertz CT molecular complexity index is 966. The molecule has 2 aromatic carbocycles. The van der Waals surface area contributed by atoms with E-state index < -0.39 is 0 Å². The number of hydrogen-bond acceptors (Lipinski definition) is 5. The minimum absolute atomic E-state index is 0.294. The minimum Gasteiger partial charge on any atom is -0.493 e. The molecule has 1 fully saturated rings. The van der Waals surface area contributed by atoms with Crippen molar-refractivity contribution in [2.45, 2.75) is 31.7 Å². The molecule has 0 saturated heterocycles. The van der Waals surface area contributed by atoms with Gasteiger partial charge in [0, 0.05) is 24.7 Å². The highest BCUT2D eigenvalue weighted by Gasteiger charge is 2.40. The molecule has 1 saturated carbocycles. The van der Waals surface area contributed by atoms with Gasteiger partial charge in [0.1, 0.15) is 0 Å². The molecule has 2 aliphatic heterocycles. The molecule has 5 heteroatoms. The highest BCUT2D eigenvalue weighted by atomic mass is 16.7. The molecule has 2 heterocycles. The van der Waals surface area contributed by atoms with E-state index in [9.17, 15) is 0 Å². The maximum Gasteiger partial charge on any atom is 0.231 e. The van der Waals surface area contributed by atoms with Gasteiger partial charge in [0.05, 0.1) is 14.2 Å². The molecule has 2 aliphatic carbocycles. The summed E-state index contributed by atoms with van der Waals surface area (Å²) >= 11 is 0. The van der Waals surface area contributed by atoms with Gasteiger partial charge in [-0.25, -0.2) is 0 Å². The van der Waals surface area contributed by atoms with Crippen LogP contribution in [0.4, 0.5) is 0 Å².